The van der Waals surface area contributed by atoms with Crippen LogP contribution in [0.1, 0.15) is 70.8 Å². The largest absolute Gasteiger partial charge is 0.311 e. The summed E-state index contributed by atoms with van der Waals surface area (Å²) in [5, 5.41) is 0. The van der Waals surface area contributed by atoms with E-state index in [1.165, 1.54) is 33.4 Å². The van der Waals surface area contributed by atoms with Crippen LogP contribution in [-0.4, -0.2) is 0 Å². The van der Waals surface area contributed by atoms with Crippen LogP contribution in [0, 0.1) is 13.8 Å². The SMILES string of the molecule is Cc1ccc(/C=C/c2ccc(N(c3ccc(/C=C/c4ccc(C)cc4)cc3)c3ccc(/C=C/c4ccc(C(C)(C)C)cc4)cc3)cc2)cc1. The minimum Gasteiger partial charge on any atom is -0.311 e. The van der Waals surface area contributed by atoms with Crippen LogP contribution in [0.2, 0.25) is 0 Å². The molecule has 0 saturated carbocycles. The summed E-state index contributed by atoms with van der Waals surface area (Å²) >= 11 is 0. The van der Waals surface area contributed by atoms with Crippen LogP contribution in [0.4, 0.5) is 17.1 Å². The molecule has 0 aromatic heterocycles. The van der Waals surface area contributed by atoms with E-state index in [2.05, 4.69) is 222 Å². The molecule has 0 amide bonds. The first kappa shape index (κ1) is 33.2. The Bertz CT molecular complexity index is 1930. The molecule has 49 heavy (non-hydrogen) atoms. The second kappa shape index (κ2) is 15.0. The second-order valence-electron chi connectivity index (χ2n) is 13.8. The van der Waals surface area contributed by atoms with E-state index in [-0.39, 0.29) is 5.41 Å². The standard InChI is InChI=1S/C48H45N/c1-36-6-10-38(11-7-36)14-17-41-22-30-45(31-23-41)49(46-32-24-42(25-33-46)18-15-39-12-8-37(2)9-13-39)47-34-26-43(27-35-47)19-16-40-20-28-44(29-21-40)48(3,4)5/h6-35H,1-5H3/b17-14+,18-15+,19-16+. The van der Waals surface area contributed by atoms with Crippen LogP contribution in [0.3, 0.4) is 0 Å². The minimum absolute atomic E-state index is 0.154. The molecular formula is C48H45N. The average molecular weight is 636 g/mol. The van der Waals surface area contributed by atoms with Crippen molar-refractivity contribution in [2.75, 3.05) is 4.90 Å². The van der Waals surface area contributed by atoms with Gasteiger partial charge < -0.3 is 4.90 Å². The molecule has 0 fully saturated rings. The number of rotatable bonds is 9. The lowest BCUT2D eigenvalue weighted by Gasteiger charge is -2.26. The molecule has 0 spiro atoms. The van der Waals surface area contributed by atoms with E-state index in [4.69, 9.17) is 0 Å². The van der Waals surface area contributed by atoms with E-state index in [0.29, 0.717) is 0 Å². The van der Waals surface area contributed by atoms with Gasteiger partial charge in [-0.3, -0.25) is 0 Å². The number of nitrogens with zero attached hydrogens (tertiary/aromatic N) is 1. The van der Waals surface area contributed by atoms with Crippen LogP contribution in [0.15, 0.2) is 146 Å². The van der Waals surface area contributed by atoms with Crippen molar-refractivity contribution in [3.8, 4) is 0 Å². The zero-order chi connectivity index (χ0) is 34.2. The minimum atomic E-state index is 0.154. The molecule has 242 valence electrons. The Morgan fingerprint density at radius 3 is 0.796 bits per heavy atom. The number of aryl methyl sites for hydroxylation is 2. The molecule has 0 aliphatic carbocycles. The van der Waals surface area contributed by atoms with Gasteiger partial charge in [-0.05, 0) is 94.6 Å². The molecule has 0 aliphatic heterocycles. The van der Waals surface area contributed by atoms with Gasteiger partial charge in [0, 0.05) is 17.1 Å². The van der Waals surface area contributed by atoms with Gasteiger partial charge in [-0.15, -0.1) is 0 Å². The molecule has 0 N–H and O–H groups in total. The van der Waals surface area contributed by atoms with Crippen molar-refractivity contribution >= 4 is 53.5 Å². The van der Waals surface area contributed by atoms with Crippen molar-refractivity contribution in [3.63, 3.8) is 0 Å². The predicted octanol–water partition coefficient (Wildman–Crippen LogP) is 13.6. The van der Waals surface area contributed by atoms with E-state index in [1.807, 2.05) is 0 Å². The highest BCUT2D eigenvalue weighted by molar-refractivity contribution is 5.80. The van der Waals surface area contributed by atoms with Gasteiger partial charge in [-0.2, -0.15) is 0 Å². The van der Waals surface area contributed by atoms with Crippen molar-refractivity contribution in [2.45, 2.75) is 40.0 Å². The second-order valence-corrected chi connectivity index (χ2v) is 13.8. The van der Waals surface area contributed by atoms with Gasteiger partial charge in [0.05, 0.1) is 0 Å². The van der Waals surface area contributed by atoms with Crippen LogP contribution in [-0.2, 0) is 5.41 Å². The molecule has 0 atom stereocenters. The normalized spacial score (nSPS) is 11.9. The van der Waals surface area contributed by atoms with Crippen LogP contribution in [0.5, 0.6) is 0 Å². The molecule has 6 rings (SSSR count). The quantitative estimate of drug-likeness (QED) is 0.143. The monoisotopic (exact) mass is 635 g/mol. The molecule has 0 bridgehead atoms. The lowest BCUT2D eigenvalue weighted by molar-refractivity contribution is 0.590. The lowest BCUT2D eigenvalue weighted by atomic mass is 9.87. The van der Waals surface area contributed by atoms with Crippen molar-refractivity contribution in [1.29, 1.82) is 0 Å². The highest BCUT2D eigenvalue weighted by Crippen LogP contribution is 2.35. The van der Waals surface area contributed by atoms with Gasteiger partial charge in [0.25, 0.3) is 0 Å². The fourth-order valence-electron chi connectivity index (χ4n) is 5.68. The van der Waals surface area contributed by atoms with E-state index in [9.17, 15) is 0 Å². The summed E-state index contributed by atoms with van der Waals surface area (Å²) in [4.78, 5) is 2.32. The van der Waals surface area contributed by atoms with Crippen molar-refractivity contribution in [3.05, 3.63) is 196 Å². The van der Waals surface area contributed by atoms with Gasteiger partial charge in [-0.25, -0.2) is 0 Å². The smallest absolute Gasteiger partial charge is 0.0462 e. The van der Waals surface area contributed by atoms with E-state index in [1.54, 1.807) is 0 Å². The number of hydrogen-bond acceptors (Lipinski definition) is 1. The Morgan fingerprint density at radius 2 is 0.551 bits per heavy atom. The summed E-state index contributed by atoms with van der Waals surface area (Å²) in [6.45, 7) is 11.0. The Kier molecular flexibility index (Phi) is 10.2. The topological polar surface area (TPSA) is 3.24 Å². The molecular weight excluding hydrogens is 591 g/mol. The Hall–Kier alpha value is -5.66. The van der Waals surface area contributed by atoms with Crippen molar-refractivity contribution < 1.29 is 0 Å². The number of benzene rings is 6. The number of anilines is 3. The fraction of sp³-hybridized carbons (Fsp3) is 0.125. The third-order valence-electron chi connectivity index (χ3n) is 8.79. The summed E-state index contributed by atoms with van der Waals surface area (Å²) in [7, 11) is 0. The summed E-state index contributed by atoms with van der Waals surface area (Å²) in [6.07, 6.45) is 13.0. The molecule has 6 aromatic rings. The molecule has 1 nitrogen and oxygen atoms in total. The van der Waals surface area contributed by atoms with Gasteiger partial charge in [0.2, 0.25) is 0 Å². The third-order valence-corrected chi connectivity index (χ3v) is 8.79. The molecule has 0 aliphatic rings. The molecule has 0 radical (unpaired) electrons. The van der Waals surface area contributed by atoms with E-state index >= 15 is 0 Å². The summed E-state index contributed by atoms with van der Waals surface area (Å²) in [6, 6.07) is 52.4. The molecule has 0 saturated heterocycles. The van der Waals surface area contributed by atoms with Crippen LogP contribution >= 0.6 is 0 Å². The number of hydrogen-bond donors (Lipinski definition) is 0. The van der Waals surface area contributed by atoms with Gasteiger partial charge in [0.1, 0.15) is 0 Å². The van der Waals surface area contributed by atoms with Crippen molar-refractivity contribution in [1.82, 2.24) is 0 Å². The first-order valence-electron chi connectivity index (χ1n) is 17.1. The van der Waals surface area contributed by atoms with Crippen LogP contribution < -0.4 is 4.90 Å². The Labute approximate surface area is 293 Å². The van der Waals surface area contributed by atoms with Gasteiger partial charge in [0.15, 0.2) is 0 Å². The van der Waals surface area contributed by atoms with Crippen LogP contribution in [0.25, 0.3) is 36.5 Å². The first-order valence-corrected chi connectivity index (χ1v) is 17.1. The summed E-state index contributed by atoms with van der Waals surface area (Å²) < 4.78 is 0. The Morgan fingerprint density at radius 1 is 0.327 bits per heavy atom. The zero-order valence-corrected chi connectivity index (χ0v) is 29.3. The predicted molar refractivity (Wildman–Crippen MR) is 215 cm³/mol. The highest BCUT2D eigenvalue weighted by atomic mass is 15.1. The first-order chi connectivity index (χ1) is 23.7. The maximum Gasteiger partial charge on any atom is 0.0462 e. The maximum atomic E-state index is 2.32. The highest BCUT2D eigenvalue weighted by Gasteiger charge is 2.13. The molecule has 6 aromatic carbocycles. The zero-order valence-electron chi connectivity index (χ0n) is 29.3. The molecule has 0 unspecified atom stereocenters. The van der Waals surface area contributed by atoms with Gasteiger partial charge >= 0.3 is 0 Å². The summed E-state index contributed by atoms with van der Waals surface area (Å²) in [5.41, 5.74) is 14.5. The van der Waals surface area contributed by atoms with Crippen molar-refractivity contribution in [2.24, 2.45) is 0 Å². The van der Waals surface area contributed by atoms with E-state index < -0.39 is 0 Å². The van der Waals surface area contributed by atoms with Gasteiger partial charge in [-0.1, -0.05) is 178 Å². The molecule has 0 heterocycles. The fourth-order valence-corrected chi connectivity index (χ4v) is 5.68. The third kappa shape index (κ3) is 9.03. The Balaban J connectivity index is 1.25. The van der Waals surface area contributed by atoms with E-state index in [0.717, 1.165) is 33.8 Å². The lowest BCUT2D eigenvalue weighted by Crippen LogP contribution is -2.10. The maximum absolute atomic E-state index is 2.32. The molecule has 1 heteroatoms. The average Bonchev–Trinajstić information content (AvgIpc) is 3.12. The summed E-state index contributed by atoms with van der Waals surface area (Å²) in [5.74, 6) is 0.